The summed E-state index contributed by atoms with van der Waals surface area (Å²) in [7, 11) is -4.46. The Bertz CT molecular complexity index is 757. The summed E-state index contributed by atoms with van der Waals surface area (Å²) in [6.07, 6.45) is -4.73. The molecule has 112 valence electrons. The first-order valence-corrected chi connectivity index (χ1v) is 7.36. The summed E-state index contributed by atoms with van der Waals surface area (Å²) < 4.78 is 67.1. The number of halogens is 4. The quantitative estimate of drug-likeness (QED) is 0.792. The summed E-state index contributed by atoms with van der Waals surface area (Å²) in [5.74, 6) is -0.801. The highest BCUT2D eigenvalue weighted by Crippen LogP contribution is 2.37. The average Bonchev–Trinajstić information content (AvgIpc) is 2.38. The maximum Gasteiger partial charge on any atom is 0.420 e. The van der Waals surface area contributed by atoms with Crippen LogP contribution in [0, 0.1) is 0 Å². The molecule has 0 saturated heterocycles. The van der Waals surface area contributed by atoms with Crippen LogP contribution in [-0.2, 0) is 16.3 Å². The van der Waals surface area contributed by atoms with E-state index in [2.05, 4.69) is 4.18 Å². The van der Waals surface area contributed by atoms with Crippen LogP contribution in [-0.4, -0.2) is 8.42 Å². The van der Waals surface area contributed by atoms with Crippen molar-refractivity contribution in [2.24, 2.45) is 0 Å². The third-order valence-electron chi connectivity index (χ3n) is 2.50. The lowest BCUT2D eigenvalue weighted by Gasteiger charge is -2.13. The molecule has 0 heterocycles. The molecule has 2 aromatic rings. The summed E-state index contributed by atoms with van der Waals surface area (Å²) in [4.78, 5) is -0.399. The third kappa shape index (κ3) is 3.48. The molecule has 0 radical (unpaired) electrons. The van der Waals surface area contributed by atoms with Crippen molar-refractivity contribution in [1.29, 1.82) is 0 Å². The number of hydrogen-bond acceptors (Lipinski definition) is 3. The topological polar surface area (TPSA) is 43.4 Å². The number of alkyl halides is 3. The van der Waals surface area contributed by atoms with Crippen LogP contribution < -0.4 is 4.18 Å². The molecule has 8 heteroatoms. The van der Waals surface area contributed by atoms with Crippen molar-refractivity contribution in [2.45, 2.75) is 11.1 Å². The Balaban J connectivity index is 2.46. The van der Waals surface area contributed by atoms with Gasteiger partial charge in [-0.05, 0) is 24.3 Å². The van der Waals surface area contributed by atoms with Gasteiger partial charge in [-0.3, -0.25) is 0 Å². The van der Waals surface area contributed by atoms with E-state index in [1.165, 1.54) is 24.3 Å². The maximum absolute atomic E-state index is 12.8. The summed E-state index contributed by atoms with van der Waals surface area (Å²) in [5.41, 5.74) is -1.18. The smallest absolute Gasteiger partial charge is 0.378 e. The second kappa shape index (κ2) is 5.57. The molecule has 0 spiro atoms. The van der Waals surface area contributed by atoms with E-state index in [0.29, 0.717) is 0 Å². The van der Waals surface area contributed by atoms with Gasteiger partial charge in [-0.1, -0.05) is 35.9 Å². The number of hydrogen-bond donors (Lipinski definition) is 0. The Morgan fingerprint density at radius 2 is 1.52 bits per heavy atom. The lowest BCUT2D eigenvalue weighted by Crippen LogP contribution is -2.14. The van der Waals surface area contributed by atoms with Gasteiger partial charge < -0.3 is 4.18 Å². The van der Waals surface area contributed by atoms with Gasteiger partial charge in [-0.25, -0.2) is 0 Å². The molecular weight excluding hydrogens is 329 g/mol. The first-order valence-electron chi connectivity index (χ1n) is 5.57. The molecule has 0 aromatic heterocycles. The molecule has 0 saturated carbocycles. The van der Waals surface area contributed by atoms with Crippen molar-refractivity contribution in [2.75, 3.05) is 0 Å². The minimum absolute atomic E-state index is 0.137. The van der Waals surface area contributed by atoms with Crippen LogP contribution in [0.4, 0.5) is 13.2 Å². The van der Waals surface area contributed by atoms with Crippen LogP contribution in [0.2, 0.25) is 5.02 Å². The van der Waals surface area contributed by atoms with Gasteiger partial charge in [-0.2, -0.15) is 21.6 Å². The highest BCUT2D eigenvalue weighted by molar-refractivity contribution is 7.87. The summed E-state index contributed by atoms with van der Waals surface area (Å²) in [5, 5.41) is -0.137. The molecular formula is C13H8ClF3O3S. The number of para-hydroxylation sites is 1. The molecule has 0 amide bonds. The average molecular weight is 337 g/mol. The van der Waals surface area contributed by atoms with E-state index in [1.54, 1.807) is 0 Å². The van der Waals surface area contributed by atoms with Gasteiger partial charge in [0.25, 0.3) is 0 Å². The van der Waals surface area contributed by atoms with Crippen molar-refractivity contribution in [3.8, 4) is 5.75 Å². The normalized spacial score (nSPS) is 12.2. The van der Waals surface area contributed by atoms with E-state index < -0.39 is 32.5 Å². The Hall–Kier alpha value is -1.73. The fourth-order valence-electron chi connectivity index (χ4n) is 1.58. The molecule has 2 aromatic carbocycles. The summed E-state index contributed by atoms with van der Waals surface area (Å²) >= 11 is 5.72. The SMILES string of the molecule is O=S(=O)(Oc1ccccc1C(F)(F)F)c1ccccc1Cl. The van der Waals surface area contributed by atoms with E-state index in [1.807, 2.05) is 0 Å². The molecule has 21 heavy (non-hydrogen) atoms. The fourth-order valence-corrected chi connectivity index (χ4v) is 3.03. The minimum Gasteiger partial charge on any atom is -0.378 e. The maximum atomic E-state index is 12.8. The second-order valence-electron chi connectivity index (χ2n) is 3.96. The molecule has 0 fully saturated rings. The predicted octanol–water partition coefficient (Wildman–Crippen LogP) is 4.13. The number of rotatable bonds is 3. The van der Waals surface area contributed by atoms with Crippen molar-refractivity contribution < 1.29 is 25.8 Å². The van der Waals surface area contributed by atoms with Gasteiger partial charge in [-0.15, -0.1) is 0 Å². The third-order valence-corrected chi connectivity index (χ3v) is 4.23. The van der Waals surface area contributed by atoms with Crippen LogP contribution in [0.5, 0.6) is 5.75 Å². The van der Waals surface area contributed by atoms with Gasteiger partial charge >= 0.3 is 16.3 Å². The van der Waals surface area contributed by atoms with Crippen LogP contribution in [0.25, 0.3) is 0 Å². The van der Waals surface area contributed by atoms with Crippen LogP contribution in [0.1, 0.15) is 5.56 Å². The van der Waals surface area contributed by atoms with E-state index in [-0.39, 0.29) is 5.02 Å². The number of benzene rings is 2. The second-order valence-corrected chi connectivity index (χ2v) is 5.88. The zero-order valence-electron chi connectivity index (χ0n) is 10.3. The van der Waals surface area contributed by atoms with E-state index in [0.717, 1.165) is 24.3 Å². The Kier molecular flexibility index (Phi) is 4.15. The van der Waals surface area contributed by atoms with Crippen molar-refractivity contribution in [3.63, 3.8) is 0 Å². The minimum atomic E-state index is -4.73. The standard InChI is InChI=1S/C13H8ClF3O3S/c14-10-6-2-4-8-12(10)21(18,19)20-11-7-3-1-5-9(11)13(15,16)17/h1-8H. The lowest BCUT2D eigenvalue weighted by molar-refractivity contribution is -0.138. The molecule has 0 atom stereocenters. The molecule has 3 nitrogen and oxygen atoms in total. The zero-order valence-corrected chi connectivity index (χ0v) is 11.8. The zero-order chi connectivity index (χ0) is 15.7. The van der Waals surface area contributed by atoms with E-state index >= 15 is 0 Å². The Morgan fingerprint density at radius 1 is 0.952 bits per heavy atom. The Morgan fingerprint density at radius 3 is 2.14 bits per heavy atom. The van der Waals surface area contributed by atoms with E-state index in [4.69, 9.17) is 11.6 Å². The summed E-state index contributed by atoms with van der Waals surface area (Å²) in [6, 6.07) is 9.36. The molecule has 0 aliphatic rings. The molecule has 0 N–H and O–H groups in total. The van der Waals surface area contributed by atoms with Crippen molar-refractivity contribution >= 4 is 21.7 Å². The highest BCUT2D eigenvalue weighted by Gasteiger charge is 2.35. The highest BCUT2D eigenvalue weighted by atomic mass is 35.5. The molecule has 0 bridgehead atoms. The monoisotopic (exact) mass is 336 g/mol. The van der Waals surface area contributed by atoms with Gasteiger partial charge in [0.05, 0.1) is 10.6 Å². The first kappa shape index (κ1) is 15.7. The van der Waals surface area contributed by atoms with Gasteiger partial charge in [0, 0.05) is 0 Å². The van der Waals surface area contributed by atoms with Gasteiger partial charge in [0.1, 0.15) is 4.90 Å². The molecule has 0 aliphatic carbocycles. The first-order chi connectivity index (χ1) is 9.72. The van der Waals surface area contributed by atoms with Crippen LogP contribution in [0.15, 0.2) is 53.4 Å². The predicted molar refractivity (Wildman–Crippen MR) is 70.7 cm³/mol. The van der Waals surface area contributed by atoms with E-state index in [9.17, 15) is 21.6 Å². The van der Waals surface area contributed by atoms with Gasteiger partial charge in [0.15, 0.2) is 5.75 Å². The molecule has 0 aliphatic heterocycles. The van der Waals surface area contributed by atoms with Crippen LogP contribution in [0.3, 0.4) is 0 Å². The summed E-state index contributed by atoms with van der Waals surface area (Å²) in [6.45, 7) is 0. The van der Waals surface area contributed by atoms with Crippen molar-refractivity contribution in [1.82, 2.24) is 0 Å². The van der Waals surface area contributed by atoms with Crippen molar-refractivity contribution in [3.05, 3.63) is 59.1 Å². The van der Waals surface area contributed by atoms with Gasteiger partial charge in [0.2, 0.25) is 0 Å². The Labute approximate surface area is 124 Å². The van der Waals surface area contributed by atoms with Crippen LogP contribution >= 0.6 is 11.6 Å². The largest absolute Gasteiger partial charge is 0.420 e. The molecule has 2 rings (SSSR count). The lowest BCUT2D eigenvalue weighted by atomic mass is 10.2. The fraction of sp³-hybridized carbons (Fsp3) is 0.0769. The molecule has 0 unspecified atom stereocenters.